The molecule has 4 heteroatoms. The lowest BCUT2D eigenvalue weighted by Crippen LogP contribution is -2.34. The van der Waals surface area contributed by atoms with E-state index in [1.165, 1.54) is 4.90 Å². The lowest BCUT2D eigenvalue weighted by Gasteiger charge is -2.14. The molecule has 2 fully saturated rings. The smallest absolute Gasteiger partial charge is 0.236 e. The van der Waals surface area contributed by atoms with Crippen molar-refractivity contribution >= 4 is 11.8 Å². The number of amides is 2. The first-order valence-electron chi connectivity index (χ1n) is 5.04. The standard InChI is InChI=1S/C11H11NO3/c1-2-5-12-10(13)8-6-3-4-7(15-6)9(8)11(12)14/h2-4,6-9H,1,5H2/t6-,7-,8-,9-/m1/s1. The predicted octanol–water partition coefficient (Wildman–Crippen LogP) is 0.111. The largest absolute Gasteiger partial charge is 0.365 e. The Hall–Kier alpha value is -1.42. The molecule has 15 heavy (non-hydrogen) atoms. The number of hydrogen-bond donors (Lipinski definition) is 0. The Bertz CT molecular complexity index is 357. The molecule has 0 saturated carbocycles. The first-order valence-corrected chi connectivity index (χ1v) is 5.04. The molecule has 3 rings (SSSR count). The highest BCUT2D eigenvalue weighted by molar-refractivity contribution is 6.06. The van der Waals surface area contributed by atoms with Crippen LogP contribution in [-0.2, 0) is 14.3 Å². The lowest BCUT2D eigenvalue weighted by atomic mass is 9.85. The van der Waals surface area contributed by atoms with Gasteiger partial charge in [-0.2, -0.15) is 0 Å². The first-order chi connectivity index (χ1) is 7.24. The second-order valence-electron chi connectivity index (χ2n) is 4.08. The van der Waals surface area contributed by atoms with Crippen LogP contribution in [0.5, 0.6) is 0 Å². The van der Waals surface area contributed by atoms with Crippen LogP contribution < -0.4 is 0 Å². The molecule has 2 saturated heterocycles. The van der Waals surface area contributed by atoms with E-state index >= 15 is 0 Å². The number of carbonyl (C=O) groups is 2. The third-order valence-corrected chi connectivity index (χ3v) is 3.31. The van der Waals surface area contributed by atoms with Crippen molar-refractivity contribution in [2.45, 2.75) is 12.2 Å². The molecule has 0 aromatic carbocycles. The highest BCUT2D eigenvalue weighted by Crippen LogP contribution is 2.44. The van der Waals surface area contributed by atoms with Crippen LogP contribution >= 0.6 is 0 Å². The maximum absolute atomic E-state index is 11.9. The molecule has 0 radical (unpaired) electrons. The fraction of sp³-hybridized carbons (Fsp3) is 0.455. The van der Waals surface area contributed by atoms with E-state index in [0.717, 1.165) is 0 Å². The van der Waals surface area contributed by atoms with Crippen LogP contribution in [0.1, 0.15) is 0 Å². The number of rotatable bonds is 2. The van der Waals surface area contributed by atoms with Gasteiger partial charge in [-0.3, -0.25) is 14.5 Å². The Morgan fingerprint density at radius 2 is 1.80 bits per heavy atom. The van der Waals surface area contributed by atoms with E-state index in [0.29, 0.717) is 6.54 Å². The number of hydrogen-bond acceptors (Lipinski definition) is 3. The Morgan fingerprint density at radius 1 is 1.27 bits per heavy atom. The molecule has 0 aromatic heterocycles. The normalized spacial score (nSPS) is 41.5. The number of carbonyl (C=O) groups excluding carboxylic acids is 2. The summed E-state index contributed by atoms with van der Waals surface area (Å²) in [6.45, 7) is 3.86. The van der Waals surface area contributed by atoms with Gasteiger partial charge in [0.25, 0.3) is 0 Å². The summed E-state index contributed by atoms with van der Waals surface area (Å²) in [6.07, 6.45) is 4.97. The Labute approximate surface area is 87.2 Å². The zero-order valence-electron chi connectivity index (χ0n) is 8.13. The average molecular weight is 205 g/mol. The van der Waals surface area contributed by atoms with Crippen molar-refractivity contribution in [1.29, 1.82) is 0 Å². The minimum atomic E-state index is -0.285. The molecule has 4 atom stereocenters. The molecule has 78 valence electrons. The van der Waals surface area contributed by atoms with Crippen LogP contribution in [0.4, 0.5) is 0 Å². The van der Waals surface area contributed by atoms with Gasteiger partial charge in [-0.05, 0) is 0 Å². The molecule has 2 bridgehead atoms. The van der Waals surface area contributed by atoms with Gasteiger partial charge in [0.15, 0.2) is 0 Å². The summed E-state index contributed by atoms with van der Waals surface area (Å²) in [5, 5.41) is 0. The second kappa shape index (κ2) is 2.79. The Morgan fingerprint density at radius 3 is 2.27 bits per heavy atom. The Kier molecular flexibility index (Phi) is 1.65. The zero-order chi connectivity index (χ0) is 10.6. The number of ether oxygens (including phenoxy) is 1. The predicted molar refractivity (Wildman–Crippen MR) is 51.7 cm³/mol. The first kappa shape index (κ1) is 8.85. The van der Waals surface area contributed by atoms with Crippen molar-refractivity contribution in [2.75, 3.05) is 6.54 Å². The molecule has 3 heterocycles. The van der Waals surface area contributed by atoms with Crippen molar-refractivity contribution in [1.82, 2.24) is 4.90 Å². The summed E-state index contributed by atoms with van der Waals surface area (Å²) in [5.74, 6) is -0.789. The number of imide groups is 1. The maximum Gasteiger partial charge on any atom is 0.236 e. The average Bonchev–Trinajstić information content (AvgIpc) is 2.87. The molecule has 0 N–H and O–H groups in total. The third kappa shape index (κ3) is 0.946. The summed E-state index contributed by atoms with van der Waals surface area (Å²) in [4.78, 5) is 25.1. The van der Waals surface area contributed by atoms with Gasteiger partial charge in [0.05, 0.1) is 24.0 Å². The van der Waals surface area contributed by atoms with Crippen molar-refractivity contribution in [3.63, 3.8) is 0 Å². The van der Waals surface area contributed by atoms with Crippen LogP contribution in [0.2, 0.25) is 0 Å². The van der Waals surface area contributed by atoms with E-state index < -0.39 is 0 Å². The number of likely N-dealkylation sites (tertiary alicyclic amines) is 1. The van der Waals surface area contributed by atoms with Gasteiger partial charge in [-0.1, -0.05) is 18.2 Å². The van der Waals surface area contributed by atoms with Crippen molar-refractivity contribution in [3.8, 4) is 0 Å². The van der Waals surface area contributed by atoms with E-state index in [1.807, 2.05) is 12.2 Å². The molecule has 3 aliphatic rings. The van der Waals surface area contributed by atoms with Gasteiger partial charge in [0.2, 0.25) is 11.8 Å². The zero-order valence-corrected chi connectivity index (χ0v) is 8.13. The van der Waals surface area contributed by atoms with E-state index in [-0.39, 0.29) is 35.9 Å². The molecule has 2 amide bonds. The van der Waals surface area contributed by atoms with Gasteiger partial charge in [-0.15, -0.1) is 6.58 Å². The van der Waals surface area contributed by atoms with Gasteiger partial charge in [0, 0.05) is 6.54 Å². The molecular formula is C11H11NO3. The van der Waals surface area contributed by atoms with Gasteiger partial charge in [-0.25, -0.2) is 0 Å². The van der Waals surface area contributed by atoms with E-state index in [1.54, 1.807) is 6.08 Å². The van der Waals surface area contributed by atoms with E-state index in [2.05, 4.69) is 6.58 Å². The van der Waals surface area contributed by atoms with Crippen molar-refractivity contribution < 1.29 is 14.3 Å². The summed E-state index contributed by atoms with van der Waals surface area (Å²) >= 11 is 0. The molecule has 0 aliphatic carbocycles. The van der Waals surface area contributed by atoms with Crippen molar-refractivity contribution in [2.24, 2.45) is 11.8 Å². The van der Waals surface area contributed by atoms with Crippen LogP contribution in [0.15, 0.2) is 24.8 Å². The summed E-state index contributed by atoms with van der Waals surface area (Å²) in [6, 6.07) is 0. The molecule has 4 nitrogen and oxygen atoms in total. The monoisotopic (exact) mass is 205 g/mol. The Balaban J connectivity index is 1.96. The third-order valence-electron chi connectivity index (χ3n) is 3.31. The van der Waals surface area contributed by atoms with E-state index in [4.69, 9.17) is 4.74 Å². The topological polar surface area (TPSA) is 46.6 Å². The quantitative estimate of drug-likeness (QED) is 0.475. The molecule has 0 unspecified atom stereocenters. The second-order valence-corrected chi connectivity index (χ2v) is 4.08. The van der Waals surface area contributed by atoms with Gasteiger partial charge < -0.3 is 4.74 Å². The molecular weight excluding hydrogens is 194 g/mol. The fourth-order valence-electron chi connectivity index (χ4n) is 2.67. The van der Waals surface area contributed by atoms with Crippen LogP contribution in [0.3, 0.4) is 0 Å². The number of nitrogens with zero attached hydrogens (tertiary/aromatic N) is 1. The SMILES string of the molecule is C=CCN1C(=O)[C@H]2[C@H](C1=O)[C@H]1C=C[C@H]2O1. The van der Waals surface area contributed by atoms with Gasteiger partial charge in [0.1, 0.15) is 0 Å². The number of fused-ring (bicyclic) bond motifs is 5. The van der Waals surface area contributed by atoms with Crippen LogP contribution in [0, 0.1) is 11.8 Å². The molecule has 3 aliphatic heterocycles. The highest BCUT2D eigenvalue weighted by atomic mass is 16.5. The summed E-state index contributed by atoms with van der Waals surface area (Å²) < 4.78 is 5.50. The molecule has 0 aromatic rings. The van der Waals surface area contributed by atoms with E-state index in [9.17, 15) is 9.59 Å². The maximum atomic E-state index is 11.9. The minimum Gasteiger partial charge on any atom is -0.365 e. The highest BCUT2D eigenvalue weighted by Gasteiger charge is 2.60. The molecule has 0 spiro atoms. The minimum absolute atomic E-state index is 0.109. The van der Waals surface area contributed by atoms with Crippen LogP contribution in [0.25, 0.3) is 0 Å². The summed E-state index contributed by atoms with van der Waals surface area (Å²) in [5.41, 5.74) is 0. The van der Waals surface area contributed by atoms with Gasteiger partial charge >= 0.3 is 0 Å². The van der Waals surface area contributed by atoms with Crippen molar-refractivity contribution in [3.05, 3.63) is 24.8 Å². The van der Waals surface area contributed by atoms with Crippen LogP contribution in [-0.4, -0.2) is 35.5 Å². The fourth-order valence-corrected chi connectivity index (χ4v) is 2.67. The summed E-state index contributed by atoms with van der Waals surface area (Å²) in [7, 11) is 0. The lowest BCUT2D eigenvalue weighted by molar-refractivity contribution is -0.141.